The van der Waals surface area contributed by atoms with Gasteiger partial charge in [-0.2, -0.15) is 0 Å². The summed E-state index contributed by atoms with van der Waals surface area (Å²) in [6, 6.07) is 6.25. The Morgan fingerprint density at radius 2 is 2.03 bits per heavy atom. The first-order chi connectivity index (χ1) is 13.8. The molecule has 0 radical (unpaired) electrons. The molecule has 3 aromatic rings. The zero-order chi connectivity index (χ0) is 21.1. The molecule has 2 aromatic heterocycles. The summed E-state index contributed by atoms with van der Waals surface area (Å²) in [6.07, 6.45) is -0.819. The smallest absolute Gasteiger partial charge is 0.412 e. The Hall–Kier alpha value is -3.08. The molecule has 0 unspecified atom stereocenters. The van der Waals surface area contributed by atoms with E-state index in [4.69, 9.17) is 33.0 Å². The van der Waals surface area contributed by atoms with E-state index < -0.39 is 29.1 Å². The number of benzene rings is 1. The van der Waals surface area contributed by atoms with Crippen molar-refractivity contribution in [3.8, 4) is 16.5 Å². The molecule has 0 aliphatic rings. The van der Waals surface area contributed by atoms with E-state index in [1.807, 2.05) is 0 Å². The van der Waals surface area contributed by atoms with Gasteiger partial charge in [0.2, 0.25) is 5.75 Å². The minimum atomic E-state index is -1.57. The lowest BCUT2D eigenvalue weighted by atomic mass is 10.2. The van der Waals surface area contributed by atoms with E-state index in [2.05, 4.69) is 15.3 Å². The second-order valence-corrected chi connectivity index (χ2v) is 7.28. The van der Waals surface area contributed by atoms with Crippen molar-refractivity contribution in [2.45, 2.75) is 6.61 Å². The minimum absolute atomic E-state index is 0.131. The Balaban J connectivity index is 1.79. The molecule has 150 valence electrons. The number of H-pyrrole nitrogens is 1. The van der Waals surface area contributed by atoms with Crippen molar-refractivity contribution in [3.05, 3.63) is 61.3 Å². The zero-order valence-electron chi connectivity index (χ0n) is 14.2. The van der Waals surface area contributed by atoms with Gasteiger partial charge in [0, 0.05) is 15.6 Å². The maximum Gasteiger partial charge on any atom is 0.412 e. The van der Waals surface area contributed by atoms with Crippen LogP contribution in [0, 0.1) is 0 Å². The van der Waals surface area contributed by atoms with Crippen LogP contribution in [0.5, 0.6) is 5.75 Å². The molecule has 0 aliphatic heterocycles. The molecule has 9 nitrogen and oxygen atoms in total. The van der Waals surface area contributed by atoms with E-state index in [0.29, 0.717) is 15.6 Å². The lowest BCUT2D eigenvalue weighted by Gasteiger charge is -2.09. The number of carboxylic acid groups (broad SMARTS) is 1. The van der Waals surface area contributed by atoms with E-state index in [0.717, 1.165) is 11.3 Å². The maximum absolute atomic E-state index is 12.1. The first kappa shape index (κ1) is 20.6. The third-order valence-electron chi connectivity index (χ3n) is 3.58. The molecule has 2 heterocycles. The summed E-state index contributed by atoms with van der Waals surface area (Å²) in [4.78, 5) is 41.3. The Labute approximate surface area is 176 Å². The van der Waals surface area contributed by atoms with Crippen LogP contribution in [0.4, 0.5) is 10.5 Å². The van der Waals surface area contributed by atoms with Gasteiger partial charge in [-0.3, -0.25) is 10.1 Å². The van der Waals surface area contributed by atoms with Crippen LogP contribution in [-0.4, -0.2) is 32.2 Å². The van der Waals surface area contributed by atoms with Gasteiger partial charge in [0.1, 0.15) is 6.61 Å². The molecular weight excluding hydrogens is 445 g/mol. The number of anilines is 1. The van der Waals surface area contributed by atoms with Crippen LogP contribution in [-0.2, 0) is 11.3 Å². The number of halogens is 2. The van der Waals surface area contributed by atoms with Gasteiger partial charge in [0.05, 0.1) is 10.6 Å². The summed E-state index contributed by atoms with van der Waals surface area (Å²) in [5.74, 6) is -2.71. The molecule has 0 fully saturated rings. The Morgan fingerprint density at radius 3 is 2.76 bits per heavy atom. The fraction of sp³-hybridized carbons (Fsp3) is 0.0588. The molecule has 0 spiro atoms. The molecule has 1 aromatic carbocycles. The Kier molecular flexibility index (Phi) is 6.06. The van der Waals surface area contributed by atoms with E-state index in [1.54, 1.807) is 23.6 Å². The van der Waals surface area contributed by atoms with Gasteiger partial charge < -0.3 is 19.9 Å². The molecule has 0 saturated carbocycles. The monoisotopic (exact) mass is 455 g/mol. The van der Waals surface area contributed by atoms with Crippen molar-refractivity contribution in [1.82, 2.24) is 9.97 Å². The van der Waals surface area contributed by atoms with Crippen LogP contribution in [0.1, 0.15) is 16.1 Å². The third kappa shape index (κ3) is 4.67. The largest absolute Gasteiger partial charge is 0.501 e. The number of hydrogen-bond donors (Lipinski definition) is 4. The third-order valence-corrected chi connectivity index (χ3v) is 5.11. The summed E-state index contributed by atoms with van der Waals surface area (Å²) in [5.41, 5.74) is -1.09. The van der Waals surface area contributed by atoms with Gasteiger partial charge in [0.25, 0.3) is 5.56 Å². The van der Waals surface area contributed by atoms with Gasteiger partial charge in [0.15, 0.2) is 11.5 Å². The molecule has 0 bridgehead atoms. The fourth-order valence-electron chi connectivity index (χ4n) is 2.26. The molecule has 0 atom stereocenters. The summed E-state index contributed by atoms with van der Waals surface area (Å²) >= 11 is 13.0. The predicted molar refractivity (Wildman–Crippen MR) is 107 cm³/mol. The van der Waals surface area contributed by atoms with Crippen LogP contribution in [0.15, 0.2) is 34.4 Å². The summed E-state index contributed by atoms with van der Waals surface area (Å²) in [6.45, 7) is -0.137. The topological polar surface area (TPSA) is 142 Å². The highest BCUT2D eigenvalue weighted by Crippen LogP contribution is 2.32. The number of ether oxygens (including phenoxy) is 1. The van der Waals surface area contributed by atoms with Crippen LogP contribution >= 0.6 is 34.5 Å². The molecule has 0 aliphatic carbocycles. The van der Waals surface area contributed by atoms with Crippen LogP contribution in [0.25, 0.3) is 10.7 Å². The molecule has 3 rings (SSSR count). The van der Waals surface area contributed by atoms with Crippen LogP contribution in [0.2, 0.25) is 10.0 Å². The number of carboxylic acids is 1. The van der Waals surface area contributed by atoms with E-state index in [9.17, 15) is 19.5 Å². The number of aromatic amines is 1. The van der Waals surface area contributed by atoms with Crippen molar-refractivity contribution in [2.24, 2.45) is 0 Å². The number of nitrogens with one attached hydrogen (secondary N) is 2. The second kappa shape index (κ2) is 8.52. The van der Waals surface area contributed by atoms with Gasteiger partial charge >= 0.3 is 12.1 Å². The van der Waals surface area contributed by atoms with Crippen LogP contribution < -0.4 is 10.9 Å². The van der Waals surface area contributed by atoms with Gasteiger partial charge in [-0.1, -0.05) is 23.2 Å². The molecule has 0 saturated heterocycles. The summed E-state index contributed by atoms with van der Waals surface area (Å²) in [5, 5.41) is 23.5. The normalized spacial score (nSPS) is 10.6. The van der Waals surface area contributed by atoms with Crippen molar-refractivity contribution < 1.29 is 24.5 Å². The van der Waals surface area contributed by atoms with Gasteiger partial charge in [-0.15, -0.1) is 11.3 Å². The maximum atomic E-state index is 12.1. The van der Waals surface area contributed by atoms with Crippen molar-refractivity contribution >= 4 is 52.3 Å². The van der Waals surface area contributed by atoms with Crippen LogP contribution in [0.3, 0.4) is 0 Å². The van der Waals surface area contributed by atoms with Crippen molar-refractivity contribution in [1.29, 1.82) is 0 Å². The number of aromatic hydroxyl groups is 1. The average Bonchev–Trinajstić information content (AvgIpc) is 3.12. The lowest BCUT2D eigenvalue weighted by Crippen LogP contribution is -2.16. The SMILES string of the molecule is O=C(Nc1ccsc1-c1nc(C(=O)O)c(O)c(=O)[nH]1)OCc1cc(Cl)ccc1Cl. The fourth-order valence-corrected chi connectivity index (χ4v) is 3.42. The first-order valence-electron chi connectivity index (χ1n) is 7.78. The summed E-state index contributed by atoms with van der Waals surface area (Å²) < 4.78 is 5.12. The second-order valence-electron chi connectivity index (χ2n) is 5.52. The Bertz CT molecular complexity index is 1160. The standard InChI is InChI=1S/C17H11Cl2N3O6S/c18-8-1-2-9(19)7(5-8)6-28-17(27)20-10-3-4-29-13(10)14-21-11(16(25)26)12(23)15(24)22-14/h1-5,23H,6H2,(H,20,27)(H,25,26)(H,21,22,24). The number of rotatable bonds is 5. The molecule has 1 amide bonds. The number of aromatic carboxylic acids is 1. The van der Waals surface area contributed by atoms with Gasteiger partial charge in [-0.05, 0) is 29.6 Å². The number of nitrogens with zero attached hydrogens (tertiary/aromatic N) is 1. The number of thiophene rings is 1. The number of amides is 1. The minimum Gasteiger partial charge on any atom is -0.501 e. The summed E-state index contributed by atoms with van der Waals surface area (Å²) in [7, 11) is 0. The Morgan fingerprint density at radius 1 is 1.28 bits per heavy atom. The molecular formula is C17H11Cl2N3O6S. The van der Waals surface area contributed by atoms with Crippen molar-refractivity contribution in [3.63, 3.8) is 0 Å². The van der Waals surface area contributed by atoms with Gasteiger partial charge in [-0.25, -0.2) is 14.6 Å². The van der Waals surface area contributed by atoms with E-state index in [-0.39, 0.29) is 23.0 Å². The number of carbonyl (C=O) groups is 2. The molecule has 12 heteroatoms. The highest BCUT2D eigenvalue weighted by molar-refractivity contribution is 7.14. The highest BCUT2D eigenvalue weighted by atomic mass is 35.5. The van der Waals surface area contributed by atoms with Crippen molar-refractivity contribution in [2.75, 3.05) is 5.32 Å². The van der Waals surface area contributed by atoms with E-state index >= 15 is 0 Å². The predicted octanol–water partition coefficient (Wildman–Crippen LogP) is 3.96. The molecule has 29 heavy (non-hydrogen) atoms. The average molecular weight is 456 g/mol. The number of hydrogen-bond acceptors (Lipinski definition) is 7. The lowest BCUT2D eigenvalue weighted by molar-refractivity contribution is 0.0686. The first-order valence-corrected chi connectivity index (χ1v) is 9.42. The zero-order valence-corrected chi connectivity index (χ0v) is 16.6. The molecule has 4 N–H and O–H groups in total. The van der Waals surface area contributed by atoms with E-state index in [1.165, 1.54) is 6.07 Å². The number of carbonyl (C=O) groups excluding carboxylic acids is 1. The quantitative estimate of drug-likeness (QED) is 0.455. The highest BCUT2D eigenvalue weighted by Gasteiger charge is 2.20. The number of aromatic nitrogens is 2.